The van der Waals surface area contributed by atoms with Gasteiger partial charge in [0.15, 0.2) is 25.0 Å². The first-order valence-electron chi connectivity index (χ1n) is 7.37. The fourth-order valence-corrected chi connectivity index (χ4v) is 16.5. The third-order valence-electron chi connectivity index (χ3n) is 2.01. The van der Waals surface area contributed by atoms with Gasteiger partial charge in [-0.1, -0.05) is 0 Å². The van der Waals surface area contributed by atoms with Gasteiger partial charge in [-0.15, -0.1) is 0 Å². The smallest absolute Gasteiger partial charge is 0.417 e. The molecule has 20 heavy (non-hydrogen) atoms. The van der Waals surface area contributed by atoms with E-state index in [1.54, 1.807) is 0 Å². The van der Waals surface area contributed by atoms with E-state index in [4.69, 9.17) is 12.3 Å². The van der Waals surface area contributed by atoms with Crippen molar-refractivity contribution in [2.45, 2.75) is 71.4 Å². The van der Waals surface area contributed by atoms with Gasteiger partial charge < -0.3 is 12.3 Å². The van der Waals surface area contributed by atoms with E-state index in [0.29, 0.717) is 12.5 Å². The first kappa shape index (κ1) is 20.7. The van der Waals surface area contributed by atoms with Gasteiger partial charge in [0, 0.05) is 6.04 Å². The Morgan fingerprint density at radius 2 is 0.950 bits per heavy atom. The second kappa shape index (κ2) is 7.31. The molecule has 0 fully saturated rings. The molecule has 0 rings (SSSR count). The van der Waals surface area contributed by atoms with Crippen molar-refractivity contribution < 1.29 is 17.5 Å². The van der Waals surface area contributed by atoms with Crippen molar-refractivity contribution >= 4 is 33.8 Å². The third-order valence-corrected chi connectivity index (χ3v) is 14.1. The second-order valence-electron chi connectivity index (χ2n) is 8.13. The zero-order chi connectivity index (χ0) is 16.2. The Labute approximate surface area is 129 Å². The molecule has 121 valence electrons. The van der Waals surface area contributed by atoms with Crippen LogP contribution in [0.2, 0.25) is 65.0 Å². The molecule has 0 unspecified atom stereocenters. The second-order valence-corrected chi connectivity index (χ2v) is 25.1. The Kier molecular flexibility index (Phi) is 7.57. The van der Waals surface area contributed by atoms with Crippen molar-refractivity contribution in [3.05, 3.63) is 0 Å². The van der Waals surface area contributed by atoms with Crippen LogP contribution in [0.1, 0.15) is 6.42 Å². The molecule has 1 radical (unpaired) electrons. The van der Waals surface area contributed by atoms with Gasteiger partial charge in [0.2, 0.25) is 0 Å². The van der Waals surface area contributed by atoms with Crippen LogP contribution in [0.4, 0.5) is 0 Å². The molecule has 0 saturated carbocycles. The van der Waals surface area contributed by atoms with Crippen LogP contribution in [-0.2, 0) is 17.5 Å². The van der Waals surface area contributed by atoms with Crippen LogP contribution in [0.25, 0.3) is 0 Å². The normalized spacial score (nSPS) is 14.7. The molecule has 0 aliphatic rings. The predicted molar refractivity (Wildman–Crippen MR) is 94.0 cm³/mol. The first-order valence-corrected chi connectivity index (χ1v) is 19.5. The molecule has 4 nitrogen and oxygen atoms in total. The van der Waals surface area contributed by atoms with Crippen molar-refractivity contribution in [1.82, 2.24) is 0 Å². The Hall–Kier alpha value is 0.708. The highest BCUT2D eigenvalue weighted by Gasteiger charge is 2.49. The van der Waals surface area contributed by atoms with Gasteiger partial charge in [-0.05, 0) is 65.3 Å². The summed E-state index contributed by atoms with van der Waals surface area (Å²) in [4.78, 5) is 0. The number of rotatable bonds is 9. The number of hydrogen-bond donors (Lipinski definition) is 0. The van der Waals surface area contributed by atoms with Crippen LogP contribution in [0.3, 0.4) is 0 Å². The van der Waals surface area contributed by atoms with Crippen molar-refractivity contribution in [1.29, 1.82) is 0 Å². The van der Waals surface area contributed by atoms with E-state index in [1.165, 1.54) is 0 Å². The standard InChI is InChI=1S/C12H33O4Si4/c1-17(2,3)14-20(12-10-11-13,15-18(4,5)6)16-19(7,8)9/h10-12H2,1-9H3. The van der Waals surface area contributed by atoms with Crippen molar-refractivity contribution in [3.8, 4) is 0 Å². The highest BCUT2D eigenvalue weighted by atomic mass is 28.5. The lowest BCUT2D eigenvalue weighted by Crippen LogP contribution is -2.60. The maximum absolute atomic E-state index is 11.0. The minimum absolute atomic E-state index is 0.0894. The fraction of sp³-hybridized carbons (Fsp3) is 1.00. The maximum atomic E-state index is 11.0. The van der Waals surface area contributed by atoms with E-state index >= 15 is 0 Å². The molecule has 0 bridgehead atoms. The lowest BCUT2D eigenvalue weighted by atomic mass is 10.5. The summed E-state index contributed by atoms with van der Waals surface area (Å²) in [6.07, 6.45) is 0.575. The summed E-state index contributed by atoms with van der Waals surface area (Å²) in [5, 5.41) is 11.0. The molecule has 0 saturated heterocycles. The monoisotopic (exact) mass is 353 g/mol. The zero-order valence-corrected chi connectivity index (χ0v) is 18.8. The average molecular weight is 354 g/mol. The summed E-state index contributed by atoms with van der Waals surface area (Å²) in [5.41, 5.74) is 0. The Morgan fingerprint density at radius 1 is 0.650 bits per heavy atom. The summed E-state index contributed by atoms with van der Waals surface area (Å²) < 4.78 is 19.3. The van der Waals surface area contributed by atoms with Gasteiger partial charge in [0.05, 0.1) is 6.61 Å². The van der Waals surface area contributed by atoms with E-state index in [1.807, 2.05) is 0 Å². The minimum atomic E-state index is -2.74. The molecule has 0 amide bonds. The molecule has 0 aromatic rings. The molecule has 0 spiro atoms. The fourth-order valence-electron chi connectivity index (χ4n) is 1.90. The predicted octanol–water partition coefficient (Wildman–Crippen LogP) is 4.30. The lowest BCUT2D eigenvalue weighted by molar-refractivity contribution is 0.182. The summed E-state index contributed by atoms with van der Waals surface area (Å²) >= 11 is 0. The van der Waals surface area contributed by atoms with Gasteiger partial charge in [0.1, 0.15) is 0 Å². The molecular weight excluding hydrogens is 320 g/mol. The summed E-state index contributed by atoms with van der Waals surface area (Å²) in [6.45, 7) is 19.3. The van der Waals surface area contributed by atoms with E-state index in [2.05, 4.69) is 58.9 Å². The van der Waals surface area contributed by atoms with Gasteiger partial charge >= 0.3 is 8.80 Å². The highest BCUT2D eigenvalue weighted by Crippen LogP contribution is 2.29. The molecule has 8 heteroatoms. The minimum Gasteiger partial charge on any atom is -0.417 e. The maximum Gasteiger partial charge on any atom is 0.469 e. The summed E-state index contributed by atoms with van der Waals surface area (Å²) in [6, 6.07) is 0.662. The molecule has 0 heterocycles. The SMILES string of the molecule is C[Si](C)(C)O[Si](CCC[O])(O[Si](C)(C)C)O[Si](C)(C)C. The van der Waals surface area contributed by atoms with Crippen molar-refractivity contribution in [2.24, 2.45) is 0 Å². The first-order chi connectivity index (χ1) is 8.68. The van der Waals surface area contributed by atoms with Crippen LogP contribution in [0.5, 0.6) is 0 Å². The Balaban J connectivity index is 5.38. The average Bonchev–Trinajstić information content (AvgIpc) is 2.05. The van der Waals surface area contributed by atoms with E-state index < -0.39 is 33.8 Å². The summed E-state index contributed by atoms with van der Waals surface area (Å²) in [5.74, 6) is 0. The quantitative estimate of drug-likeness (QED) is 0.581. The Bertz CT molecular complexity index is 251. The topological polar surface area (TPSA) is 47.6 Å². The van der Waals surface area contributed by atoms with Crippen LogP contribution < -0.4 is 0 Å². The molecule has 0 N–H and O–H groups in total. The molecule has 0 aliphatic carbocycles. The lowest BCUT2D eigenvalue weighted by Gasteiger charge is -2.42. The van der Waals surface area contributed by atoms with Gasteiger partial charge in [-0.25, -0.2) is 5.11 Å². The van der Waals surface area contributed by atoms with Gasteiger partial charge in [-0.2, -0.15) is 0 Å². The van der Waals surface area contributed by atoms with Gasteiger partial charge in [-0.3, -0.25) is 0 Å². The van der Waals surface area contributed by atoms with E-state index in [9.17, 15) is 5.11 Å². The number of hydrogen-bond acceptors (Lipinski definition) is 3. The van der Waals surface area contributed by atoms with E-state index in [-0.39, 0.29) is 6.61 Å². The zero-order valence-electron chi connectivity index (χ0n) is 14.8. The van der Waals surface area contributed by atoms with Crippen LogP contribution in [0, 0.1) is 0 Å². The highest BCUT2D eigenvalue weighted by molar-refractivity contribution is 6.90. The third kappa shape index (κ3) is 10.4. The van der Waals surface area contributed by atoms with E-state index in [0.717, 1.165) is 0 Å². The van der Waals surface area contributed by atoms with Crippen molar-refractivity contribution in [2.75, 3.05) is 6.61 Å². The Morgan fingerprint density at radius 3 is 1.15 bits per heavy atom. The molecule has 0 aliphatic heterocycles. The van der Waals surface area contributed by atoms with Crippen LogP contribution in [0.15, 0.2) is 0 Å². The van der Waals surface area contributed by atoms with Crippen molar-refractivity contribution in [3.63, 3.8) is 0 Å². The van der Waals surface area contributed by atoms with Gasteiger partial charge in [0.25, 0.3) is 0 Å². The van der Waals surface area contributed by atoms with Crippen LogP contribution in [-0.4, -0.2) is 40.4 Å². The van der Waals surface area contributed by atoms with Crippen LogP contribution >= 0.6 is 0 Å². The summed E-state index contributed by atoms with van der Waals surface area (Å²) in [7, 11) is -8.10. The molecule has 0 atom stereocenters. The molecular formula is C12H33O4Si4. The molecule has 0 aromatic carbocycles. The molecule has 0 aromatic heterocycles. The largest absolute Gasteiger partial charge is 0.469 e.